The van der Waals surface area contributed by atoms with E-state index in [1.54, 1.807) is 0 Å². The summed E-state index contributed by atoms with van der Waals surface area (Å²) >= 11 is 0. The monoisotopic (exact) mass is 258 g/mol. The van der Waals surface area contributed by atoms with Crippen molar-refractivity contribution in [1.82, 2.24) is 10.6 Å². The lowest BCUT2D eigenvalue weighted by Gasteiger charge is -2.24. The molecule has 0 bridgehead atoms. The van der Waals surface area contributed by atoms with Gasteiger partial charge in [0.15, 0.2) is 9.84 Å². The Balaban J connectivity index is 2.58. The fourth-order valence-electron chi connectivity index (χ4n) is 1.24. The number of sulfone groups is 1. The lowest BCUT2D eigenvalue weighted by molar-refractivity contribution is 0.471. The maximum absolute atomic E-state index is 11.6. The van der Waals surface area contributed by atoms with Crippen LogP contribution in [-0.4, -0.2) is 57.9 Å². The lowest BCUT2D eigenvalue weighted by atomic mass is 10.4. The van der Waals surface area contributed by atoms with Crippen LogP contribution in [-0.2, 0) is 20.0 Å². The summed E-state index contributed by atoms with van der Waals surface area (Å²) in [4.78, 5) is 0. The molecule has 0 aromatic carbocycles. The molecule has 1 unspecified atom stereocenters. The van der Waals surface area contributed by atoms with E-state index in [1.165, 1.54) is 0 Å². The average molecular weight is 258 g/mol. The van der Waals surface area contributed by atoms with Crippen molar-refractivity contribution in [3.05, 3.63) is 0 Å². The van der Waals surface area contributed by atoms with Gasteiger partial charge >= 0.3 is 0 Å². The van der Waals surface area contributed by atoms with Crippen LogP contribution in [0.25, 0.3) is 0 Å². The summed E-state index contributed by atoms with van der Waals surface area (Å²) in [6.07, 6.45) is 0. The fourth-order valence-corrected chi connectivity index (χ4v) is 4.04. The number of rotatable bonds is 4. The summed E-state index contributed by atoms with van der Waals surface area (Å²) in [5.74, 6) is -1.32. The third-order valence-electron chi connectivity index (χ3n) is 2.06. The standard InChI is InChI=1S/C6H14N2O5S2/c9-14(10,3-4-15(11,12)13)6-5-7-1-2-8-6/h6-8H,1-5H2,(H,11,12,13). The molecule has 0 saturated carbocycles. The Kier molecular flexibility index (Phi) is 4.06. The van der Waals surface area contributed by atoms with E-state index in [9.17, 15) is 16.8 Å². The molecule has 0 aromatic rings. The van der Waals surface area contributed by atoms with E-state index in [0.29, 0.717) is 13.1 Å². The minimum atomic E-state index is -4.22. The van der Waals surface area contributed by atoms with Crippen molar-refractivity contribution in [2.24, 2.45) is 0 Å². The molecular formula is C6H14N2O5S2. The molecule has 9 heteroatoms. The summed E-state index contributed by atoms with van der Waals surface area (Å²) in [5.41, 5.74) is 0. The van der Waals surface area contributed by atoms with Gasteiger partial charge in [0.05, 0.1) is 11.5 Å². The molecule has 1 fully saturated rings. The van der Waals surface area contributed by atoms with Crippen molar-refractivity contribution in [1.29, 1.82) is 0 Å². The van der Waals surface area contributed by atoms with E-state index >= 15 is 0 Å². The fraction of sp³-hybridized carbons (Fsp3) is 1.00. The van der Waals surface area contributed by atoms with Gasteiger partial charge in [0, 0.05) is 19.6 Å². The zero-order valence-electron chi connectivity index (χ0n) is 8.01. The third kappa shape index (κ3) is 4.43. The van der Waals surface area contributed by atoms with Gasteiger partial charge in [0.25, 0.3) is 10.1 Å². The van der Waals surface area contributed by atoms with E-state index in [-0.39, 0.29) is 6.54 Å². The van der Waals surface area contributed by atoms with Gasteiger partial charge in [0.2, 0.25) is 0 Å². The Morgan fingerprint density at radius 3 is 2.27 bits per heavy atom. The normalized spacial score (nSPS) is 23.9. The second kappa shape index (κ2) is 4.74. The molecule has 0 aliphatic carbocycles. The Hall–Kier alpha value is -0.220. The van der Waals surface area contributed by atoms with Crippen molar-refractivity contribution in [2.45, 2.75) is 5.37 Å². The largest absolute Gasteiger partial charge is 0.313 e. The van der Waals surface area contributed by atoms with Gasteiger partial charge in [0.1, 0.15) is 5.37 Å². The SMILES string of the molecule is O=S(=O)(O)CCS(=O)(=O)C1CNCCN1. The summed E-state index contributed by atoms with van der Waals surface area (Å²) in [6.45, 7) is 1.47. The van der Waals surface area contributed by atoms with Gasteiger partial charge in [-0.15, -0.1) is 0 Å². The molecule has 1 aliphatic rings. The molecular weight excluding hydrogens is 244 g/mol. The van der Waals surface area contributed by atoms with Crippen molar-refractivity contribution in [3.8, 4) is 0 Å². The Labute approximate surface area is 88.9 Å². The van der Waals surface area contributed by atoms with Crippen molar-refractivity contribution >= 4 is 20.0 Å². The summed E-state index contributed by atoms with van der Waals surface area (Å²) in [7, 11) is -7.75. The van der Waals surface area contributed by atoms with E-state index in [4.69, 9.17) is 4.55 Å². The molecule has 1 saturated heterocycles. The highest BCUT2D eigenvalue weighted by Crippen LogP contribution is 2.02. The van der Waals surface area contributed by atoms with Gasteiger partial charge in [-0.05, 0) is 0 Å². The second-order valence-electron chi connectivity index (χ2n) is 3.30. The van der Waals surface area contributed by atoms with Crippen LogP contribution in [0.3, 0.4) is 0 Å². The van der Waals surface area contributed by atoms with Gasteiger partial charge < -0.3 is 5.32 Å². The number of nitrogens with one attached hydrogen (secondary N) is 2. The maximum atomic E-state index is 11.6. The first-order valence-corrected chi connectivity index (χ1v) is 7.74. The maximum Gasteiger partial charge on any atom is 0.265 e. The van der Waals surface area contributed by atoms with E-state index in [2.05, 4.69) is 10.6 Å². The Bertz CT molecular complexity index is 395. The second-order valence-corrected chi connectivity index (χ2v) is 7.17. The highest BCUT2D eigenvalue weighted by Gasteiger charge is 2.27. The van der Waals surface area contributed by atoms with E-state index < -0.39 is 36.8 Å². The minimum Gasteiger partial charge on any atom is -0.313 e. The van der Waals surface area contributed by atoms with Crippen LogP contribution in [0.5, 0.6) is 0 Å². The average Bonchev–Trinajstić information content (AvgIpc) is 2.16. The van der Waals surface area contributed by atoms with Crippen molar-refractivity contribution < 1.29 is 21.4 Å². The molecule has 90 valence electrons. The van der Waals surface area contributed by atoms with Crippen LogP contribution in [0.2, 0.25) is 0 Å². The first-order chi connectivity index (χ1) is 6.81. The van der Waals surface area contributed by atoms with Gasteiger partial charge in [-0.2, -0.15) is 8.42 Å². The van der Waals surface area contributed by atoms with Crippen molar-refractivity contribution in [3.63, 3.8) is 0 Å². The predicted octanol–water partition coefficient (Wildman–Crippen LogP) is -2.19. The summed E-state index contributed by atoms with van der Waals surface area (Å²) in [6, 6.07) is 0. The minimum absolute atomic E-state index is 0.258. The Morgan fingerprint density at radius 1 is 1.13 bits per heavy atom. The van der Waals surface area contributed by atoms with Gasteiger partial charge in [-0.25, -0.2) is 8.42 Å². The molecule has 0 radical (unpaired) electrons. The highest BCUT2D eigenvalue weighted by molar-refractivity contribution is 7.93. The van der Waals surface area contributed by atoms with Gasteiger partial charge in [-0.1, -0.05) is 0 Å². The van der Waals surface area contributed by atoms with Crippen LogP contribution < -0.4 is 10.6 Å². The molecule has 7 nitrogen and oxygen atoms in total. The quantitative estimate of drug-likeness (QED) is 0.491. The third-order valence-corrected chi connectivity index (χ3v) is 5.01. The smallest absolute Gasteiger partial charge is 0.265 e. The van der Waals surface area contributed by atoms with Gasteiger partial charge in [-0.3, -0.25) is 9.87 Å². The molecule has 3 N–H and O–H groups in total. The molecule has 0 aromatic heterocycles. The summed E-state index contributed by atoms with van der Waals surface area (Å²) in [5, 5.41) is 4.88. The lowest BCUT2D eigenvalue weighted by Crippen LogP contribution is -2.53. The number of hydrogen-bond acceptors (Lipinski definition) is 6. The van der Waals surface area contributed by atoms with E-state index in [1.807, 2.05) is 0 Å². The first kappa shape index (κ1) is 12.8. The van der Waals surface area contributed by atoms with Crippen molar-refractivity contribution in [2.75, 3.05) is 31.1 Å². The van der Waals surface area contributed by atoms with Crippen LogP contribution in [0.4, 0.5) is 0 Å². The molecule has 15 heavy (non-hydrogen) atoms. The Morgan fingerprint density at radius 2 is 1.80 bits per heavy atom. The first-order valence-electron chi connectivity index (χ1n) is 4.42. The molecule has 1 heterocycles. The molecule has 1 rings (SSSR count). The molecule has 0 amide bonds. The van der Waals surface area contributed by atoms with Crippen LogP contribution in [0.15, 0.2) is 0 Å². The summed E-state index contributed by atoms with van der Waals surface area (Å²) < 4.78 is 52.4. The highest BCUT2D eigenvalue weighted by atomic mass is 32.2. The molecule has 1 atom stereocenters. The van der Waals surface area contributed by atoms with Crippen LogP contribution >= 0.6 is 0 Å². The zero-order valence-corrected chi connectivity index (χ0v) is 9.64. The molecule has 1 aliphatic heterocycles. The zero-order chi connectivity index (χ0) is 11.5. The predicted molar refractivity (Wildman–Crippen MR) is 54.9 cm³/mol. The van der Waals surface area contributed by atoms with Crippen LogP contribution in [0.1, 0.15) is 0 Å². The number of hydrogen-bond donors (Lipinski definition) is 3. The number of piperazine rings is 1. The van der Waals surface area contributed by atoms with Crippen LogP contribution in [0, 0.1) is 0 Å². The topological polar surface area (TPSA) is 113 Å². The van der Waals surface area contributed by atoms with E-state index in [0.717, 1.165) is 0 Å². The molecule has 0 spiro atoms.